The summed E-state index contributed by atoms with van der Waals surface area (Å²) in [5.41, 5.74) is 0. The minimum absolute atomic E-state index is 0.00231. The molecule has 2 atom stereocenters. The maximum atomic E-state index is 10.8. The second kappa shape index (κ2) is 2.03. The molecule has 0 saturated carbocycles. The molecular weight excluding hydrogens is 117 g/mol. The van der Waals surface area contributed by atoms with Crippen LogP contribution in [0.25, 0.3) is 0 Å². The third kappa shape index (κ3) is 0.943. The van der Waals surface area contributed by atoms with E-state index < -0.39 is 6.10 Å². The summed E-state index contributed by atoms with van der Waals surface area (Å²) in [5, 5.41) is 9.08. The highest BCUT2D eigenvalue weighted by molar-refractivity contribution is 6.15. The lowest BCUT2D eigenvalue weighted by Crippen LogP contribution is -2.31. The Kier molecular flexibility index (Phi) is 1.49. The van der Waals surface area contributed by atoms with Gasteiger partial charge in [-0.2, -0.15) is 0 Å². The van der Waals surface area contributed by atoms with E-state index in [1.807, 2.05) is 6.92 Å². The highest BCUT2D eigenvalue weighted by Gasteiger charge is 2.31. The van der Waals surface area contributed by atoms with Crippen LogP contribution in [0.4, 0.5) is 0 Å². The van der Waals surface area contributed by atoms with E-state index in [0.29, 0.717) is 0 Å². The largest absolute Gasteiger partial charge is 0.391 e. The van der Waals surface area contributed by atoms with Gasteiger partial charge in [-0.05, 0) is 6.92 Å². The molecule has 1 fully saturated rings. The third-order valence-electron chi connectivity index (χ3n) is 1.94. The Bertz CT molecular complexity index is 139. The zero-order chi connectivity index (χ0) is 7.02. The first kappa shape index (κ1) is 6.61. The monoisotopic (exact) mass is 127 g/mol. The van der Waals surface area contributed by atoms with Gasteiger partial charge >= 0.3 is 0 Å². The van der Waals surface area contributed by atoms with E-state index in [2.05, 4.69) is 0 Å². The number of rotatable bonds is 0. The predicted octanol–water partition coefficient (Wildman–Crippen LogP) is -1.48. The summed E-state index contributed by atoms with van der Waals surface area (Å²) < 4.78 is 0. The summed E-state index contributed by atoms with van der Waals surface area (Å²) in [6.45, 7) is 1.84. The number of amides is 1. The molecule has 1 aliphatic rings. The van der Waals surface area contributed by atoms with Crippen molar-refractivity contribution in [3.63, 3.8) is 0 Å². The van der Waals surface area contributed by atoms with Gasteiger partial charge < -0.3 is 9.92 Å². The van der Waals surface area contributed by atoms with E-state index in [4.69, 9.17) is 5.11 Å². The van der Waals surface area contributed by atoms with Crippen molar-refractivity contribution >= 4 is 13.9 Å². The van der Waals surface area contributed by atoms with Crippen LogP contribution in [0.5, 0.6) is 0 Å². The molecule has 0 aromatic heterocycles. The first-order valence-corrected chi connectivity index (χ1v) is 3.06. The molecule has 9 heavy (non-hydrogen) atoms. The lowest BCUT2D eigenvalue weighted by Gasteiger charge is -2.16. The summed E-state index contributed by atoms with van der Waals surface area (Å²) >= 11 is 0. The molecular formula is C5H10BNO2. The van der Waals surface area contributed by atoms with Crippen molar-refractivity contribution in [1.29, 1.82) is 0 Å². The van der Waals surface area contributed by atoms with Gasteiger partial charge in [0.05, 0.1) is 12.5 Å². The van der Waals surface area contributed by atoms with Crippen molar-refractivity contribution in [2.45, 2.75) is 25.5 Å². The average molecular weight is 127 g/mol. The fourth-order valence-corrected chi connectivity index (χ4v) is 0.979. The van der Waals surface area contributed by atoms with Gasteiger partial charge in [-0.1, -0.05) is 0 Å². The molecule has 1 amide bonds. The molecule has 0 aliphatic carbocycles. The van der Waals surface area contributed by atoms with Crippen LogP contribution in [0, 0.1) is 0 Å². The summed E-state index contributed by atoms with van der Waals surface area (Å²) in [6, 6.07) is -0.00231. The van der Waals surface area contributed by atoms with E-state index in [0.717, 1.165) is 0 Å². The van der Waals surface area contributed by atoms with Crippen LogP contribution in [-0.2, 0) is 4.79 Å². The van der Waals surface area contributed by atoms with Crippen molar-refractivity contribution in [2.24, 2.45) is 0 Å². The van der Waals surface area contributed by atoms with Gasteiger partial charge in [0.15, 0.2) is 0 Å². The number of carbonyl (C=O) groups excluding carboxylic acids is 1. The van der Waals surface area contributed by atoms with E-state index >= 15 is 0 Å². The Labute approximate surface area is 55.1 Å². The fraction of sp³-hybridized carbons (Fsp3) is 0.800. The van der Waals surface area contributed by atoms with Crippen molar-refractivity contribution in [3.05, 3.63) is 0 Å². The fourth-order valence-electron chi connectivity index (χ4n) is 0.979. The summed E-state index contributed by atoms with van der Waals surface area (Å²) in [7, 11) is 1.71. The van der Waals surface area contributed by atoms with E-state index in [-0.39, 0.29) is 18.4 Å². The van der Waals surface area contributed by atoms with Crippen LogP contribution in [0.2, 0.25) is 0 Å². The number of hydrogen-bond acceptors (Lipinski definition) is 2. The topological polar surface area (TPSA) is 40.5 Å². The molecule has 4 heteroatoms. The number of carbonyl (C=O) groups is 1. The van der Waals surface area contributed by atoms with Crippen LogP contribution < -0.4 is 0 Å². The zero-order valence-corrected chi connectivity index (χ0v) is 5.66. The molecule has 0 aromatic rings. The molecule has 1 aliphatic heterocycles. The van der Waals surface area contributed by atoms with E-state index in [1.54, 1.807) is 12.8 Å². The second-order valence-corrected chi connectivity index (χ2v) is 2.52. The SMILES string of the molecule is BN1C(=O)C[C@H](O)C1C. The summed E-state index contributed by atoms with van der Waals surface area (Å²) in [6.07, 6.45) is -0.167. The number of aliphatic hydroxyl groups excluding tert-OH is 1. The Morgan fingerprint density at radius 1 is 1.89 bits per heavy atom. The highest BCUT2D eigenvalue weighted by Crippen LogP contribution is 2.15. The van der Waals surface area contributed by atoms with Gasteiger partial charge in [-0.25, -0.2) is 0 Å². The Morgan fingerprint density at radius 2 is 2.44 bits per heavy atom. The first-order chi connectivity index (χ1) is 4.13. The van der Waals surface area contributed by atoms with Gasteiger partial charge in [0.1, 0.15) is 0 Å². The van der Waals surface area contributed by atoms with Gasteiger partial charge in [0, 0.05) is 6.04 Å². The van der Waals surface area contributed by atoms with Gasteiger partial charge in [0.25, 0.3) is 0 Å². The predicted molar refractivity (Wildman–Crippen MR) is 35.5 cm³/mol. The molecule has 3 nitrogen and oxygen atoms in total. The highest BCUT2D eigenvalue weighted by atomic mass is 16.3. The zero-order valence-electron chi connectivity index (χ0n) is 5.66. The quantitative estimate of drug-likeness (QED) is 0.403. The molecule has 1 N–H and O–H groups in total. The summed E-state index contributed by atoms with van der Waals surface area (Å²) in [5.74, 6) is 0.0370. The maximum absolute atomic E-state index is 10.8. The second-order valence-electron chi connectivity index (χ2n) is 2.52. The van der Waals surface area contributed by atoms with Crippen LogP contribution >= 0.6 is 0 Å². The molecule has 0 aromatic carbocycles. The van der Waals surface area contributed by atoms with E-state index in [1.165, 1.54) is 0 Å². The molecule has 50 valence electrons. The Hall–Kier alpha value is -0.505. The number of nitrogens with zero attached hydrogens (tertiary/aromatic N) is 1. The van der Waals surface area contributed by atoms with Crippen LogP contribution in [-0.4, -0.2) is 36.0 Å². The van der Waals surface area contributed by atoms with Crippen LogP contribution in [0.3, 0.4) is 0 Å². The van der Waals surface area contributed by atoms with Gasteiger partial charge in [-0.15, -0.1) is 0 Å². The molecule has 0 bridgehead atoms. The van der Waals surface area contributed by atoms with Gasteiger partial charge in [0.2, 0.25) is 13.9 Å². The smallest absolute Gasteiger partial charge is 0.221 e. The third-order valence-corrected chi connectivity index (χ3v) is 1.94. The standard InChI is InChI=1S/C5H10BNO2/c1-3-4(8)2-5(9)7(3)6/h3-4,8H,2,6H2,1H3/t3?,4-/m0/s1. The maximum Gasteiger partial charge on any atom is 0.221 e. The number of aliphatic hydroxyl groups is 1. The normalized spacial score (nSPS) is 35.8. The van der Waals surface area contributed by atoms with Gasteiger partial charge in [-0.3, -0.25) is 4.79 Å². The molecule has 1 saturated heterocycles. The van der Waals surface area contributed by atoms with Crippen LogP contribution in [0.1, 0.15) is 13.3 Å². The van der Waals surface area contributed by atoms with Crippen LogP contribution in [0.15, 0.2) is 0 Å². The summed E-state index contributed by atoms with van der Waals surface area (Å²) in [4.78, 5) is 12.3. The van der Waals surface area contributed by atoms with E-state index in [9.17, 15) is 4.79 Å². The first-order valence-electron chi connectivity index (χ1n) is 3.06. The average Bonchev–Trinajstić information content (AvgIpc) is 1.98. The minimum Gasteiger partial charge on any atom is -0.391 e. The van der Waals surface area contributed by atoms with Crippen molar-refractivity contribution in [2.75, 3.05) is 0 Å². The molecule has 1 rings (SSSR count). The lowest BCUT2D eigenvalue weighted by molar-refractivity contribution is -0.124. The Morgan fingerprint density at radius 3 is 2.56 bits per heavy atom. The number of hydrogen-bond donors (Lipinski definition) is 1. The Balaban J connectivity index is 2.65. The molecule has 0 radical (unpaired) electrons. The van der Waals surface area contributed by atoms with Crippen molar-refractivity contribution in [3.8, 4) is 0 Å². The van der Waals surface area contributed by atoms with Crippen molar-refractivity contribution in [1.82, 2.24) is 4.81 Å². The lowest BCUT2D eigenvalue weighted by atomic mass is 10.2. The molecule has 1 unspecified atom stereocenters. The molecule has 1 heterocycles. The van der Waals surface area contributed by atoms with Crippen molar-refractivity contribution < 1.29 is 9.90 Å². The minimum atomic E-state index is -0.456. The molecule has 0 spiro atoms.